The molecule has 0 bridgehead atoms. The fraction of sp³-hybridized carbons (Fsp3) is 0.529. The number of hydrogen-bond acceptors (Lipinski definition) is 5. The van der Waals surface area contributed by atoms with Gasteiger partial charge in [-0.2, -0.15) is 0 Å². The number of hydrogen-bond donors (Lipinski definition) is 0. The van der Waals surface area contributed by atoms with E-state index in [4.69, 9.17) is 4.74 Å². The monoisotopic (exact) mass is 334 g/mol. The van der Waals surface area contributed by atoms with E-state index in [0.29, 0.717) is 29.8 Å². The molecule has 0 fully saturated rings. The third kappa shape index (κ3) is 3.55. The molecule has 1 amide bonds. The SMILES string of the molecule is CC(=O)N1CCc2c(OC(=O)CC(C)(C)C)c(C)cc([N+](=O)[O-])c21. The van der Waals surface area contributed by atoms with Gasteiger partial charge in [-0.15, -0.1) is 0 Å². The zero-order valence-electron chi connectivity index (χ0n) is 14.6. The van der Waals surface area contributed by atoms with E-state index in [1.54, 1.807) is 6.92 Å². The van der Waals surface area contributed by atoms with E-state index in [1.807, 2.05) is 20.8 Å². The average molecular weight is 334 g/mol. The van der Waals surface area contributed by atoms with Crippen LogP contribution in [0.2, 0.25) is 0 Å². The quantitative estimate of drug-likeness (QED) is 0.366. The minimum atomic E-state index is -0.506. The second-order valence-corrected chi connectivity index (χ2v) is 7.26. The molecule has 0 saturated carbocycles. The molecule has 0 saturated heterocycles. The number of nitro benzene ring substituents is 1. The number of carbonyl (C=O) groups is 2. The van der Waals surface area contributed by atoms with Gasteiger partial charge in [-0.05, 0) is 24.3 Å². The second-order valence-electron chi connectivity index (χ2n) is 7.26. The first kappa shape index (κ1) is 17.9. The molecule has 1 aromatic carbocycles. The maximum absolute atomic E-state index is 12.2. The van der Waals surface area contributed by atoms with Gasteiger partial charge in [-0.1, -0.05) is 20.8 Å². The summed E-state index contributed by atoms with van der Waals surface area (Å²) >= 11 is 0. The van der Waals surface area contributed by atoms with E-state index in [-0.39, 0.29) is 35.1 Å². The number of nitrogens with zero attached hydrogens (tertiary/aromatic N) is 2. The van der Waals surface area contributed by atoms with Gasteiger partial charge < -0.3 is 9.64 Å². The Kier molecular flexibility index (Phi) is 4.64. The van der Waals surface area contributed by atoms with Gasteiger partial charge in [-0.3, -0.25) is 19.7 Å². The standard InChI is InChI=1S/C17H22N2O5/c1-10-8-13(19(22)23)15-12(6-7-18(15)11(2)20)16(10)24-14(21)9-17(3,4)5/h8H,6-7,9H2,1-5H3. The first-order valence-electron chi connectivity index (χ1n) is 7.81. The predicted octanol–water partition coefficient (Wildman–Crippen LogP) is 3.15. The van der Waals surface area contributed by atoms with Gasteiger partial charge in [0.15, 0.2) is 0 Å². The Hall–Kier alpha value is -2.44. The number of esters is 1. The Morgan fingerprint density at radius 3 is 2.50 bits per heavy atom. The van der Waals surface area contributed by atoms with Crippen LogP contribution in [0.15, 0.2) is 6.07 Å². The van der Waals surface area contributed by atoms with Crippen LogP contribution in [0.3, 0.4) is 0 Å². The number of aryl methyl sites for hydroxylation is 1. The van der Waals surface area contributed by atoms with E-state index in [1.165, 1.54) is 17.9 Å². The zero-order chi connectivity index (χ0) is 18.2. The molecule has 7 nitrogen and oxygen atoms in total. The van der Waals surface area contributed by atoms with Crippen molar-refractivity contribution in [1.29, 1.82) is 0 Å². The fourth-order valence-corrected chi connectivity index (χ4v) is 2.89. The van der Waals surface area contributed by atoms with Crippen molar-refractivity contribution in [2.45, 2.75) is 47.5 Å². The summed E-state index contributed by atoms with van der Waals surface area (Å²) in [6, 6.07) is 1.36. The molecule has 7 heteroatoms. The number of rotatable bonds is 3. The summed E-state index contributed by atoms with van der Waals surface area (Å²) in [6.07, 6.45) is 0.657. The molecule has 2 rings (SSSR count). The lowest BCUT2D eigenvalue weighted by Gasteiger charge is -2.19. The van der Waals surface area contributed by atoms with Gasteiger partial charge >= 0.3 is 5.97 Å². The summed E-state index contributed by atoms with van der Waals surface area (Å²) in [6.45, 7) is 9.17. The van der Waals surface area contributed by atoms with Crippen molar-refractivity contribution in [2.75, 3.05) is 11.4 Å². The topological polar surface area (TPSA) is 89.8 Å². The maximum Gasteiger partial charge on any atom is 0.311 e. The molecular formula is C17H22N2O5. The molecule has 0 spiro atoms. The molecule has 130 valence electrons. The first-order valence-corrected chi connectivity index (χ1v) is 7.81. The molecule has 0 N–H and O–H groups in total. The average Bonchev–Trinajstić information content (AvgIpc) is 2.83. The summed E-state index contributed by atoms with van der Waals surface area (Å²) in [4.78, 5) is 36.2. The van der Waals surface area contributed by atoms with Crippen LogP contribution in [0.5, 0.6) is 5.75 Å². The van der Waals surface area contributed by atoms with Crippen molar-refractivity contribution >= 4 is 23.3 Å². The zero-order valence-corrected chi connectivity index (χ0v) is 14.6. The van der Waals surface area contributed by atoms with E-state index in [2.05, 4.69) is 0 Å². The van der Waals surface area contributed by atoms with Gasteiger partial charge in [0.2, 0.25) is 5.91 Å². The minimum Gasteiger partial charge on any atom is -0.426 e. The van der Waals surface area contributed by atoms with Gasteiger partial charge in [0.1, 0.15) is 11.4 Å². The van der Waals surface area contributed by atoms with Crippen LogP contribution < -0.4 is 9.64 Å². The lowest BCUT2D eigenvalue weighted by Crippen LogP contribution is -2.26. The Labute approximate surface area is 140 Å². The van der Waals surface area contributed by atoms with Gasteiger partial charge in [-0.25, -0.2) is 0 Å². The smallest absolute Gasteiger partial charge is 0.311 e. The molecule has 1 aliphatic rings. The number of nitro groups is 1. The van der Waals surface area contributed by atoms with Crippen molar-refractivity contribution in [1.82, 2.24) is 0 Å². The molecule has 0 aromatic heterocycles. The normalized spacial score (nSPS) is 13.6. The Morgan fingerprint density at radius 1 is 1.38 bits per heavy atom. The van der Waals surface area contributed by atoms with Crippen molar-refractivity contribution in [3.8, 4) is 5.75 Å². The number of ether oxygens (including phenoxy) is 1. The molecule has 1 heterocycles. The van der Waals surface area contributed by atoms with Crippen molar-refractivity contribution in [2.24, 2.45) is 5.41 Å². The van der Waals surface area contributed by atoms with Crippen LogP contribution >= 0.6 is 0 Å². The Bertz CT molecular complexity index is 719. The largest absolute Gasteiger partial charge is 0.426 e. The maximum atomic E-state index is 12.2. The van der Waals surface area contributed by atoms with Crippen LogP contribution in [0.4, 0.5) is 11.4 Å². The van der Waals surface area contributed by atoms with Crippen molar-refractivity contribution in [3.05, 3.63) is 27.3 Å². The second kappa shape index (κ2) is 6.22. The highest BCUT2D eigenvalue weighted by molar-refractivity contribution is 5.98. The highest BCUT2D eigenvalue weighted by atomic mass is 16.6. The number of anilines is 1. The molecule has 0 atom stereocenters. The predicted molar refractivity (Wildman–Crippen MR) is 89.3 cm³/mol. The molecule has 1 aliphatic heterocycles. The van der Waals surface area contributed by atoms with Crippen molar-refractivity contribution in [3.63, 3.8) is 0 Å². The number of fused-ring (bicyclic) bond motifs is 1. The third-order valence-electron chi connectivity index (χ3n) is 3.84. The summed E-state index contributed by atoms with van der Waals surface area (Å²) in [5, 5.41) is 11.4. The van der Waals surface area contributed by atoms with E-state index >= 15 is 0 Å². The van der Waals surface area contributed by atoms with Crippen LogP contribution in [0.1, 0.15) is 45.2 Å². The summed E-state index contributed by atoms with van der Waals surface area (Å²) in [7, 11) is 0. The molecular weight excluding hydrogens is 312 g/mol. The highest BCUT2D eigenvalue weighted by Crippen LogP contribution is 2.44. The molecule has 1 aromatic rings. The highest BCUT2D eigenvalue weighted by Gasteiger charge is 2.35. The van der Waals surface area contributed by atoms with E-state index in [0.717, 1.165) is 0 Å². The number of amides is 1. The Morgan fingerprint density at radius 2 is 2.00 bits per heavy atom. The van der Waals surface area contributed by atoms with Gasteiger partial charge in [0.05, 0.1) is 11.3 Å². The van der Waals surface area contributed by atoms with Crippen molar-refractivity contribution < 1.29 is 19.2 Å². The molecule has 0 radical (unpaired) electrons. The van der Waals surface area contributed by atoms with Crippen LogP contribution in [0.25, 0.3) is 0 Å². The van der Waals surface area contributed by atoms with Gasteiger partial charge in [0, 0.05) is 25.1 Å². The number of carbonyl (C=O) groups excluding carboxylic acids is 2. The Balaban J connectivity index is 2.50. The lowest BCUT2D eigenvalue weighted by atomic mass is 9.92. The van der Waals surface area contributed by atoms with Crippen LogP contribution in [-0.2, 0) is 16.0 Å². The van der Waals surface area contributed by atoms with Crippen LogP contribution in [0, 0.1) is 22.5 Å². The summed E-state index contributed by atoms with van der Waals surface area (Å²) < 4.78 is 5.53. The van der Waals surface area contributed by atoms with E-state index < -0.39 is 4.92 Å². The fourth-order valence-electron chi connectivity index (χ4n) is 2.89. The first-order chi connectivity index (χ1) is 11.0. The molecule has 0 aliphatic carbocycles. The molecule has 0 unspecified atom stereocenters. The summed E-state index contributed by atoms with van der Waals surface area (Å²) in [5.41, 5.74) is 0.968. The molecule has 24 heavy (non-hydrogen) atoms. The minimum absolute atomic E-state index is 0.133. The third-order valence-corrected chi connectivity index (χ3v) is 3.84. The van der Waals surface area contributed by atoms with Crippen LogP contribution in [-0.4, -0.2) is 23.3 Å². The lowest BCUT2D eigenvalue weighted by molar-refractivity contribution is -0.384. The number of benzene rings is 1. The van der Waals surface area contributed by atoms with Gasteiger partial charge in [0.25, 0.3) is 5.69 Å². The summed E-state index contributed by atoms with van der Waals surface area (Å²) in [5.74, 6) is -0.316. The van der Waals surface area contributed by atoms with E-state index in [9.17, 15) is 19.7 Å².